The number of ether oxygens (including phenoxy) is 2. The Morgan fingerprint density at radius 3 is 2.59 bits per heavy atom. The Morgan fingerprint density at radius 1 is 1.08 bits per heavy atom. The Kier molecular flexibility index (Phi) is 7.06. The number of morpholine rings is 1. The molecule has 0 aliphatic carbocycles. The summed E-state index contributed by atoms with van der Waals surface area (Å²) in [4.78, 5) is 19.2. The van der Waals surface area contributed by atoms with Gasteiger partial charge in [0, 0.05) is 48.4 Å². The quantitative estimate of drug-likeness (QED) is 0.386. The number of fused-ring (bicyclic) bond motifs is 1. The van der Waals surface area contributed by atoms with Crippen LogP contribution in [0.25, 0.3) is 16.9 Å². The number of aromatic nitrogens is 4. The van der Waals surface area contributed by atoms with Gasteiger partial charge in [-0.2, -0.15) is 0 Å². The van der Waals surface area contributed by atoms with Gasteiger partial charge in [0.2, 0.25) is 5.88 Å². The lowest BCUT2D eigenvalue weighted by atomic mass is 9.93. The third-order valence-electron chi connectivity index (χ3n) is 6.03. The number of benzene rings is 1. The molecule has 3 aromatic heterocycles. The van der Waals surface area contributed by atoms with Gasteiger partial charge in [0.05, 0.1) is 25.1 Å². The number of carbonyl (C=O) groups is 1. The lowest BCUT2D eigenvalue weighted by Gasteiger charge is -2.26. The number of hydrogen-bond donors (Lipinski definition) is 2. The molecule has 4 aromatic rings. The SMILES string of the molecule is CC(C)(C)c1cc(NC(=O)Nc2ccc(-c3cnc4ccc(OCCN5CCOCC5)nn34)cc2)no1. The van der Waals surface area contributed by atoms with Gasteiger partial charge < -0.3 is 19.3 Å². The Hall–Kier alpha value is -3.96. The van der Waals surface area contributed by atoms with E-state index in [2.05, 4.69) is 30.8 Å². The van der Waals surface area contributed by atoms with E-state index in [9.17, 15) is 4.79 Å². The van der Waals surface area contributed by atoms with Crippen LogP contribution in [0.5, 0.6) is 5.88 Å². The molecule has 0 bridgehead atoms. The van der Waals surface area contributed by atoms with Crippen molar-refractivity contribution in [2.24, 2.45) is 0 Å². The average Bonchev–Trinajstić information content (AvgIpc) is 3.52. The second-order valence-corrected chi connectivity index (χ2v) is 9.87. The fourth-order valence-electron chi connectivity index (χ4n) is 3.92. The standard InChI is InChI=1S/C26H31N7O4/c1-26(2,3)21-16-22(31-37-21)29-25(34)28-19-6-4-18(5-7-19)20-17-27-23-8-9-24(30-33(20)23)36-15-12-32-10-13-35-14-11-32/h4-9,16-17H,10-15H2,1-3H3,(H2,28,29,31,34). The molecule has 0 radical (unpaired) electrons. The van der Waals surface area contributed by atoms with Crippen LogP contribution >= 0.6 is 0 Å². The first-order chi connectivity index (χ1) is 17.8. The Bertz CT molecular complexity index is 1350. The summed E-state index contributed by atoms with van der Waals surface area (Å²) in [6.45, 7) is 10.8. The second kappa shape index (κ2) is 10.6. The second-order valence-electron chi connectivity index (χ2n) is 9.87. The topological polar surface area (TPSA) is 119 Å². The molecule has 2 amide bonds. The molecule has 1 saturated heterocycles. The van der Waals surface area contributed by atoms with Gasteiger partial charge in [-0.1, -0.05) is 38.1 Å². The van der Waals surface area contributed by atoms with Gasteiger partial charge in [-0.05, 0) is 18.2 Å². The van der Waals surface area contributed by atoms with Crippen molar-refractivity contribution in [3.63, 3.8) is 0 Å². The third kappa shape index (κ3) is 6.07. The summed E-state index contributed by atoms with van der Waals surface area (Å²) >= 11 is 0. The smallest absolute Gasteiger partial charge is 0.324 e. The first-order valence-electron chi connectivity index (χ1n) is 12.3. The molecule has 37 heavy (non-hydrogen) atoms. The van der Waals surface area contributed by atoms with Crippen molar-refractivity contribution in [2.45, 2.75) is 26.2 Å². The predicted octanol–water partition coefficient (Wildman–Crippen LogP) is 4.04. The van der Waals surface area contributed by atoms with E-state index in [-0.39, 0.29) is 5.41 Å². The Labute approximate surface area is 214 Å². The van der Waals surface area contributed by atoms with Crippen molar-refractivity contribution < 1.29 is 18.8 Å². The van der Waals surface area contributed by atoms with E-state index < -0.39 is 6.03 Å². The van der Waals surface area contributed by atoms with Crippen molar-refractivity contribution in [1.29, 1.82) is 0 Å². The number of nitrogens with zero attached hydrogens (tertiary/aromatic N) is 5. The lowest BCUT2D eigenvalue weighted by Crippen LogP contribution is -2.38. The molecule has 11 nitrogen and oxygen atoms in total. The van der Waals surface area contributed by atoms with Crippen LogP contribution in [0.3, 0.4) is 0 Å². The van der Waals surface area contributed by atoms with Crippen LogP contribution in [0.1, 0.15) is 26.5 Å². The van der Waals surface area contributed by atoms with Gasteiger partial charge >= 0.3 is 6.03 Å². The highest BCUT2D eigenvalue weighted by atomic mass is 16.5. The summed E-state index contributed by atoms with van der Waals surface area (Å²) in [5.74, 6) is 1.59. The zero-order valence-electron chi connectivity index (χ0n) is 21.2. The molecule has 1 aromatic carbocycles. The molecule has 0 unspecified atom stereocenters. The number of nitrogens with one attached hydrogen (secondary N) is 2. The fraction of sp³-hybridized carbons (Fsp3) is 0.385. The minimum absolute atomic E-state index is 0.193. The summed E-state index contributed by atoms with van der Waals surface area (Å²) in [5, 5.41) is 14.0. The van der Waals surface area contributed by atoms with Crippen LogP contribution in [0.4, 0.5) is 16.3 Å². The minimum Gasteiger partial charge on any atom is -0.475 e. The van der Waals surface area contributed by atoms with E-state index in [1.165, 1.54) is 0 Å². The Morgan fingerprint density at radius 2 is 1.86 bits per heavy atom. The molecule has 0 saturated carbocycles. The first kappa shape index (κ1) is 24.7. The van der Waals surface area contributed by atoms with Crippen molar-refractivity contribution in [2.75, 3.05) is 50.1 Å². The van der Waals surface area contributed by atoms with E-state index in [0.717, 1.165) is 49.8 Å². The summed E-state index contributed by atoms with van der Waals surface area (Å²) in [6.07, 6.45) is 1.77. The number of carbonyl (C=O) groups excluding carboxylic acids is 1. The van der Waals surface area contributed by atoms with Crippen LogP contribution in [0.2, 0.25) is 0 Å². The summed E-state index contributed by atoms with van der Waals surface area (Å²) in [7, 11) is 0. The van der Waals surface area contributed by atoms with Gasteiger partial charge in [0.15, 0.2) is 11.5 Å². The van der Waals surface area contributed by atoms with Crippen molar-refractivity contribution in [3.05, 3.63) is 54.4 Å². The zero-order chi connectivity index (χ0) is 25.8. The normalized spacial score (nSPS) is 14.6. The number of imidazole rings is 1. The van der Waals surface area contributed by atoms with E-state index >= 15 is 0 Å². The van der Waals surface area contributed by atoms with Crippen LogP contribution in [0.15, 0.2) is 53.2 Å². The highest BCUT2D eigenvalue weighted by Gasteiger charge is 2.20. The molecular weight excluding hydrogens is 474 g/mol. The summed E-state index contributed by atoms with van der Waals surface area (Å²) in [5.41, 5.74) is 2.89. The van der Waals surface area contributed by atoms with Gasteiger partial charge in [-0.25, -0.2) is 14.3 Å². The van der Waals surface area contributed by atoms with Crippen LogP contribution in [-0.2, 0) is 10.2 Å². The Balaban J connectivity index is 1.21. The van der Waals surface area contributed by atoms with E-state index in [4.69, 9.17) is 14.0 Å². The van der Waals surface area contributed by atoms with Gasteiger partial charge in [0.1, 0.15) is 12.4 Å². The highest BCUT2D eigenvalue weighted by molar-refractivity contribution is 5.99. The maximum Gasteiger partial charge on any atom is 0.324 e. The highest BCUT2D eigenvalue weighted by Crippen LogP contribution is 2.25. The van der Waals surface area contributed by atoms with Crippen LogP contribution in [0, 0.1) is 0 Å². The molecule has 5 rings (SSSR count). The molecule has 4 heterocycles. The van der Waals surface area contributed by atoms with Crippen LogP contribution in [-0.4, -0.2) is 70.1 Å². The molecular formula is C26H31N7O4. The molecule has 194 valence electrons. The lowest BCUT2D eigenvalue weighted by molar-refractivity contribution is 0.0319. The van der Waals surface area contributed by atoms with E-state index in [1.807, 2.05) is 57.2 Å². The molecule has 1 fully saturated rings. The number of hydrogen-bond acceptors (Lipinski definition) is 8. The van der Waals surface area contributed by atoms with Crippen molar-refractivity contribution in [1.82, 2.24) is 24.7 Å². The first-order valence-corrected chi connectivity index (χ1v) is 12.3. The van der Waals surface area contributed by atoms with Crippen molar-refractivity contribution in [3.8, 4) is 17.1 Å². The third-order valence-corrected chi connectivity index (χ3v) is 6.03. The largest absolute Gasteiger partial charge is 0.475 e. The number of rotatable bonds is 7. The molecule has 0 atom stereocenters. The van der Waals surface area contributed by atoms with Gasteiger partial charge in [-0.15, -0.1) is 5.10 Å². The van der Waals surface area contributed by atoms with Gasteiger partial charge in [-0.3, -0.25) is 10.2 Å². The van der Waals surface area contributed by atoms with E-state index in [1.54, 1.807) is 16.8 Å². The van der Waals surface area contributed by atoms with Crippen LogP contribution < -0.4 is 15.4 Å². The maximum absolute atomic E-state index is 12.4. The number of amides is 2. The number of urea groups is 1. The fourth-order valence-corrected chi connectivity index (χ4v) is 3.92. The van der Waals surface area contributed by atoms with Gasteiger partial charge in [0.25, 0.3) is 0 Å². The molecule has 2 N–H and O–H groups in total. The molecule has 1 aliphatic heterocycles. The maximum atomic E-state index is 12.4. The van der Waals surface area contributed by atoms with E-state index in [0.29, 0.717) is 29.8 Å². The minimum atomic E-state index is -0.406. The summed E-state index contributed by atoms with van der Waals surface area (Å²) < 4.78 is 18.4. The zero-order valence-corrected chi connectivity index (χ0v) is 21.2. The predicted molar refractivity (Wildman–Crippen MR) is 139 cm³/mol. The average molecular weight is 506 g/mol. The van der Waals surface area contributed by atoms with Crippen molar-refractivity contribution >= 4 is 23.2 Å². The molecule has 1 aliphatic rings. The molecule has 0 spiro atoms. The molecule has 11 heteroatoms. The summed E-state index contributed by atoms with van der Waals surface area (Å²) in [6, 6.07) is 12.5. The number of anilines is 2. The monoisotopic (exact) mass is 505 g/mol.